The van der Waals surface area contributed by atoms with Crippen molar-refractivity contribution in [3.8, 4) is 0 Å². The molecule has 2 aromatic rings. The minimum Gasteiger partial charge on any atom is -0.372 e. The molecule has 2 aromatic carbocycles. The second kappa shape index (κ2) is 6.88. The molecule has 2 N–H and O–H groups in total. The zero-order valence-electron chi connectivity index (χ0n) is 13.4. The lowest BCUT2D eigenvalue weighted by Crippen LogP contribution is -2.23. The van der Waals surface area contributed by atoms with Crippen LogP contribution in [-0.4, -0.2) is 6.61 Å². The molecule has 0 spiro atoms. The highest BCUT2D eigenvalue weighted by Gasteiger charge is 2.23. The van der Waals surface area contributed by atoms with Gasteiger partial charge in [-0.3, -0.25) is 0 Å². The highest BCUT2D eigenvalue weighted by atomic mass is 16.5. The number of aryl methyl sites for hydroxylation is 3. The smallest absolute Gasteiger partial charge is 0.102 e. The van der Waals surface area contributed by atoms with Gasteiger partial charge >= 0.3 is 0 Å². The lowest BCUT2D eigenvalue weighted by Gasteiger charge is -2.26. The Morgan fingerprint density at radius 3 is 2.19 bits per heavy atom. The average molecular weight is 283 g/mol. The number of rotatable bonds is 5. The third-order valence-corrected chi connectivity index (χ3v) is 4.04. The summed E-state index contributed by atoms with van der Waals surface area (Å²) in [5.41, 5.74) is 12.7. The molecule has 0 radical (unpaired) electrons. The van der Waals surface area contributed by atoms with Gasteiger partial charge in [-0.25, -0.2) is 0 Å². The fourth-order valence-electron chi connectivity index (χ4n) is 2.73. The molecule has 2 rings (SSSR count). The highest BCUT2D eigenvalue weighted by Crippen LogP contribution is 2.32. The number of ether oxygens (including phenoxy) is 1. The molecule has 112 valence electrons. The maximum Gasteiger partial charge on any atom is 0.102 e. The van der Waals surface area contributed by atoms with E-state index < -0.39 is 0 Å². The van der Waals surface area contributed by atoms with Gasteiger partial charge in [0.15, 0.2) is 0 Å². The molecule has 0 aromatic heterocycles. The van der Waals surface area contributed by atoms with Gasteiger partial charge in [-0.15, -0.1) is 0 Å². The van der Waals surface area contributed by atoms with Crippen LogP contribution in [0.15, 0.2) is 42.5 Å². The molecule has 0 aliphatic heterocycles. The molecule has 0 heterocycles. The minimum absolute atomic E-state index is 0.114. The number of nitrogens with two attached hydrogens (primary N) is 1. The molecule has 0 bridgehead atoms. The van der Waals surface area contributed by atoms with E-state index >= 15 is 0 Å². The standard InChI is InChI=1S/C19H25NO/c1-5-21-19(16-9-7-6-8-10-16)18(20)17-12-14(3)13(2)11-15(17)4/h6-12,18-19H,5,20H2,1-4H3. The van der Waals surface area contributed by atoms with Gasteiger partial charge < -0.3 is 10.5 Å². The third kappa shape index (κ3) is 3.52. The van der Waals surface area contributed by atoms with Crippen molar-refractivity contribution in [1.29, 1.82) is 0 Å². The summed E-state index contributed by atoms with van der Waals surface area (Å²) in [6, 6.07) is 14.5. The van der Waals surface area contributed by atoms with Crippen LogP contribution in [0.1, 0.15) is 46.9 Å². The molecule has 0 aliphatic carbocycles. The first-order valence-electron chi connectivity index (χ1n) is 7.54. The van der Waals surface area contributed by atoms with E-state index in [4.69, 9.17) is 10.5 Å². The maximum absolute atomic E-state index is 6.55. The minimum atomic E-state index is -0.161. The Morgan fingerprint density at radius 2 is 1.57 bits per heavy atom. The zero-order chi connectivity index (χ0) is 15.4. The Labute approximate surface area is 127 Å². The van der Waals surface area contributed by atoms with E-state index in [0.717, 1.165) is 5.56 Å². The average Bonchev–Trinajstić information content (AvgIpc) is 2.49. The summed E-state index contributed by atoms with van der Waals surface area (Å²) in [5.74, 6) is 0. The van der Waals surface area contributed by atoms with Crippen LogP contribution >= 0.6 is 0 Å². The Morgan fingerprint density at radius 1 is 0.952 bits per heavy atom. The van der Waals surface area contributed by atoms with Crippen LogP contribution in [0, 0.1) is 20.8 Å². The van der Waals surface area contributed by atoms with Crippen molar-refractivity contribution < 1.29 is 4.74 Å². The summed E-state index contributed by atoms with van der Waals surface area (Å²) < 4.78 is 5.94. The summed E-state index contributed by atoms with van der Waals surface area (Å²) in [6.07, 6.45) is -0.114. The van der Waals surface area contributed by atoms with Gasteiger partial charge in [-0.1, -0.05) is 42.5 Å². The summed E-state index contributed by atoms with van der Waals surface area (Å²) in [7, 11) is 0. The Hall–Kier alpha value is -1.64. The molecular weight excluding hydrogens is 258 g/mol. The van der Waals surface area contributed by atoms with Crippen molar-refractivity contribution in [3.63, 3.8) is 0 Å². The summed E-state index contributed by atoms with van der Waals surface area (Å²) in [6.45, 7) is 9.04. The summed E-state index contributed by atoms with van der Waals surface area (Å²) in [5, 5.41) is 0. The number of benzene rings is 2. The van der Waals surface area contributed by atoms with E-state index in [0.29, 0.717) is 6.61 Å². The van der Waals surface area contributed by atoms with E-state index in [1.165, 1.54) is 22.3 Å². The van der Waals surface area contributed by atoms with Crippen LogP contribution < -0.4 is 5.73 Å². The van der Waals surface area contributed by atoms with Crippen molar-refractivity contribution in [1.82, 2.24) is 0 Å². The molecule has 2 heteroatoms. The van der Waals surface area contributed by atoms with Crippen LogP contribution in [0.3, 0.4) is 0 Å². The lowest BCUT2D eigenvalue weighted by atomic mass is 9.90. The van der Waals surface area contributed by atoms with Crippen molar-refractivity contribution in [2.75, 3.05) is 6.61 Å². The molecule has 2 unspecified atom stereocenters. The quantitative estimate of drug-likeness (QED) is 0.883. The van der Waals surface area contributed by atoms with Gasteiger partial charge in [-0.2, -0.15) is 0 Å². The fourth-order valence-corrected chi connectivity index (χ4v) is 2.73. The highest BCUT2D eigenvalue weighted by molar-refractivity contribution is 5.39. The van der Waals surface area contributed by atoms with Gasteiger partial charge in [0, 0.05) is 6.61 Å². The first kappa shape index (κ1) is 15.7. The second-order valence-electron chi connectivity index (χ2n) is 5.61. The lowest BCUT2D eigenvalue weighted by molar-refractivity contribution is 0.0428. The van der Waals surface area contributed by atoms with Crippen molar-refractivity contribution >= 4 is 0 Å². The Bertz CT molecular complexity index is 592. The molecule has 0 saturated carbocycles. The van der Waals surface area contributed by atoms with Crippen LogP contribution in [0.25, 0.3) is 0 Å². The van der Waals surface area contributed by atoms with E-state index in [1.54, 1.807) is 0 Å². The van der Waals surface area contributed by atoms with Gasteiger partial charge in [0.05, 0.1) is 6.04 Å². The number of hydrogen-bond acceptors (Lipinski definition) is 2. The molecule has 21 heavy (non-hydrogen) atoms. The first-order chi connectivity index (χ1) is 10.0. The third-order valence-electron chi connectivity index (χ3n) is 4.04. The van der Waals surface area contributed by atoms with E-state index in [1.807, 2.05) is 25.1 Å². The van der Waals surface area contributed by atoms with Gasteiger partial charge in [0.2, 0.25) is 0 Å². The molecule has 2 atom stereocenters. The zero-order valence-corrected chi connectivity index (χ0v) is 13.4. The van der Waals surface area contributed by atoms with E-state index in [-0.39, 0.29) is 12.1 Å². The van der Waals surface area contributed by atoms with E-state index in [2.05, 4.69) is 45.0 Å². The van der Waals surface area contributed by atoms with Crippen molar-refractivity contribution in [3.05, 3.63) is 70.3 Å². The van der Waals surface area contributed by atoms with Crippen LogP contribution in [0.2, 0.25) is 0 Å². The second-order valence-corrected chi connectivity index (χ2v) is 5.61. The monoisotopic (exact) mass is 283 g/mol. The molecule has 0 saturated heterocycles. The van der Waals surface area contributed by atoms with E-state index in [9.17, 15) is 0 Å². The van der Waals surface area contributed by atoms with Crippen molar-refractivity contribution in [2.24, 2.45) is 5.73 Å². The van der Waals surface area contributed by atoms with Gasteiger partial charge in [-0.05, 0) is 55.5 Å². The molecule has 0 amide bonds. The van der Waals surface area contributed by atoms with Crippen LogP contribution in [-0.2, 0) is 4.74 Å². The van der Waals surface area contributed by atoms with Gasteiger partial charge in [0.25, 0.3) is 0 Å². The largest absolute Gasteiger partial charge is 0.372 e. The molecule has 0 fully saturated rings. The molecule has 2 nitrogen and oxygen atoms in total. The SMILES string of the molecule is CCOC(c1ccccc1)C(N)c1cc(C)c(C)cc1C. The normalized spacial score (nSPS) is 14.0. The predicted octanol–water partition coefficient (Wildman–Crippen LogP) is 4.39. The predicted molar refractivity (Wildman–Crippen MR) is 88.4 cm³/mol. The molecule has 0 aliphatic rings. The van der Waals surface area contributed by atoms with Crippen molar-refractivity contribution in [2.45, 2.75) is 39.8 Å². The Balaban J connectivity index is 2.39. The van der Waals surface area contributed by atoms with Gasteiger partial charge in [0.1, 0.15) is 6.10 Å². The summed E-state index contributed by atoms with van der Waals surface area (Å²) >= 11 is 0. The maximum atomic E-state index is 6.55. The van der Waals surface area contributed by atoms with Crippen LogP contribution in [0.5, 0.6) is 0 Å². The first-order valence-corrected chi connectivity index (χ1v) is 7.54. The van der Waals surface area contributed by atoms with Crippen LogP contribution in [0.4, 0.5) is 0 Å². The molecular formula is C19H25NO. The summed E-state index contributed by atoms with van der Waals surface area (Å²) in [4.78, 5) is 0. The fraction of sp³-hybridized carbons (Fsp3) is 0.368. The Kier molecular flexibility index (Phi) is 5.16. The topological polar surface area (TPSA) is 35.2 Å². The number of hydrogen-bond donors (Lipinski definition) is 1.